The van der Waals surface area contributed by atoms with Crippen LogP contribution in [0.2, 0.25) is 0 Å². The van der Waals surface area contributed by atoms with Crippen LogP contribution in [0.15, 0.2) is 47.6 Å². The Kier molecular flexibility index (Phi) is 6.28. The monoisotopic (exact) mass is 339 g/mol. The second kappa shape index (κ2) is 8.63. The van der Waals surface area contributed by atoms with Crippen molar-refractivity contribution < 1.29 is 14.7 Å². The van der Waals surface area contributed by atoms with Gasteiger partial charge in [-0.15, -0.1) is 0 Å². The number of amides is 2. The van der Waals surface area contributed by atoms with Crippen molar-refractivity contribution in [1.29, 1.82) is 0 Å². The lowest BCUT2D eigenvalue weighted by Crippen LogP contribution is -2.20. The van der Waals surface area contributed by atoms with Crippen LogP contribution < -0.4 is 10.7 Å². The normalized spacial score (nSPS) is 10.6. The summed E-state index contributed by atoms with van der Waals surface area (Å²) < 4.78 is 0. The molecule has 0 aliphatic heterocycles. The zero-order valence-corrected chi connectivity index (χ0v) is 14.2. The molecule has 2 amide bonds. The van der Waals surface area contributed by atoms with Gasteiger partial charge >= 0.3 is 0 Å². The minimum absolute atomic E-state index is 0.0453. The molecule has 2 aromatic carbocycles. The molecule has 6 heteroatoms. The summed E-state index contributed by atoms with van der Waals surface area (Å²) in [6, 6.07) is 12.2. The van der Waals surface area contributed by atoms with Crippen LogP contribution >= 0.6 is 0 Å². The molecular weight excluding hydrogens is 318 g/mol. The Hall–Kier alpha value is -3.15. The van der Waals surface area contributed by atoms with Crippen molar-refractivity contribution in [2.24, 2.45) is 5.10 Å². The standard InChI is InChI=1S/C19H21N3O3/c1-13-3-4-14(2)17(11-13)21-18(24)9-10-19(25)22-20-12-15-5-7-16(23)8-6-15/h3-8,11-12,23H,9-10H2,1-2H3,(H,21,24)(H,22,25)/b20-12+. The van der Waals surface area contributed by atoms with Crippen LogP contribution in [0.4, 0.5) is 5.69 Å². The number of phenolic OH excluding ortho intramolecular Hbond substituents is 1. The number of carbonyl (C=O) groups is 2. The zero-order chi connectivity index (χ0) is 18.2. The molecule has 0 spiro atoms. The summed E-state index contributed by atoms with van der Waals surface area (Å²) >= 11 is 0. The lowest BCUT2D eigenvalue weighted by Gasteiger charge is -2.09. The summed E-state index contributed by atoms with van der Waals surface area (Å²) in [6.07, 6.45) is 1.59. The van der Waals surface area contributed by atoms with Crippen LogP contribution in [-0.2, 0) is 9.59 Å². The molecule has 2 rings (SSSR count). The van der Waals surface area contributed by atoms with E-state index in [2.05, 4.69) is 15.8 Å². The second-order valence-electron chi connectivity index (χ2n) is 5.75. The molecule has 2 aromatic rings. The van der Waals surface area contributed by atoms with E-state index in [1.54, 1.807) is 12.1 Å². The fraction of sp³-hybridized carbons (Fsp3) is 0.211. The van der Waals surface area contributed by atoms with Gasteiger partial charge in [-0.1, -0.05) is 12.1 Å². The molecule has 0 fully saturated rings. The number of aromatic hydroxyl groups is 1. The maximum Gasteiger partial charge on any atom is 0.240 e. The van der Waals surface area contributed by atoms with Gasteiger partial charge in [0.25, 0.3) is 0 Å². The van der Waals surface area contributed by atoms with Crippen molar-refractivity contribution in [3.05, 3.63) is 59.2 Å². The Balaban J connectivity index is 1.76. The number of nitrogens with one attached hydrogen (secondary N) is 2. The van der Waals surface area contributed by atoms with E-state index in [-0.39, 0.29) is 30.4 Å². The third kappa shape index (κ3) is 6.10. The summed E-state index contributed by atoms with van der Waals surface area (Å²) in [5.41, 5.74) is 5.91. The molecule has 25 heavy (non-hydrogen) atoms. The Bertz CT molecular complexity index is 783. The van der Waals surface area contributed by atoms with Gasteiger partial charge in [0, 0.05) is 18.5 Å². The van der Waals surface area contributed by atoms with Crippen molar-refractivity contribution in [2.45, 2.75) is 26.7 Å². The first-order valence-corrected chi connectivity index (χ1v) is 7.92. The highest BCUT2D eigenvalue weighted by Crippen LogP contribution is 2.16. The van der Waals surface area contributed by atoms with E-state index in [0.717, 1.165) is 22.4 Å². The van der Waals surface area contributed by atoms with Gasteiger partial charge in [0.1, 0.15) is 5.75 Å². The number of nitrogens with zero attached hydrogens (tertiary/aromatic N) is 1. The fourth-order valence-corrected chi connectivity index (χ4v) is 2.11. The number of hydrazone groups is 1. The average molecular weight is 339 g/mol. The van der Waals surface area contributed by atoms with Gasteiger partial charge in [0.15, 0.2) is 0 Å². The van der Waals surface area contributed by atoms with Crippen molar-refractivity contribution in [3.8, 4) is 5.75 Å². The quantitative estimate of drug-likeness (QED) is 0.558. The van der Waals surface area contributed by atoms with E-state index in [1.807, 2.05) is 32.0 Å². The number of benzene rings is 2. The summed E-state index contributed by atoms with van der Waals surface area (Å²) in [5.74, 6) is -0.395. The molecule has 0 saturated heterocycles. The van der Waals surface area contributed by atoms with E-state index < -0.39 is 0 Å². The molecule has 3 N–H and O–H groups in total. The number of rotatable bonds is 6. The van der Waals surface area contributed by atoms with Gasteiger partial charge < -0.3 is 10.4 Å². The third-order valence-corrected chi connectivity index (χ3v) is 3.54. The molecule has 0 atom stereocenters. The summed E-state index contributed by atoms with van der Waals surface area (Å²) in [6.45, 7) is 3.87. The third-order valence-electron chi connectivity index (χ3n) is 3.54. The SMILES string of the molecule is Cc1ccc(C)c(NC(=O)CCC(=O)N/N=C/c2ccc(O)cc2)c1. The smallest absolute Gasteiger partial charge is 0.240 e. The number of carbonyl (C=O) groups excluding carboxylic acids is 2. The highest BCUT2D eigenvalue weighted by atomic mass is 16.3. The number of anilines is 1. The zero-order valence-electron chi connectivity index (χ0n) is 14.2. The maximum atomic E-state index is 12.0. The first-order valence-electron chi connectivity index (χ1n) is 7.92. The van der Waals surface area contributed by atoms with Gasteiger partial charge in [0.05, 0.1) is 6.21 Å². The minimum Gasteiger partial charge on any atom is -0.508 e. The minimum atomic E-state index is -0.342. The van der Waals surface area contributed by atoms with Gasteiger partial charge in [-0.2, -0.15) is 5.10 Å². The summed E-state index contributed by atoms with van der Waals surface area (Å²) in [5, 5.41) is 15.8. The second-order valence-corrected chi connectivity index (χ2v) is 5.75. The molecule has 0 unspecified atom stereocenters. The number of aryl methyl sites for hydroxylation is 2. The van der Waals surface area contributed by atoms with Crippen LogP contribution in [0, 0.1) is 13.8 Å². The molecule has 0 saturated carbocycles. The summed E-state index contributed by atoms with van der Waals surface area (Å²) in [7, 11) is 0. The molecular formula is C19H21N3O3. The molecule has 0 radical (unpaired) electrons. The van der Waals surface area contributed by atoms with Gasteiger partial charge in [-0.25, -0.2) is 5.43 Å². The predicted octanol–water partition coefficient (Wildman–Crippen LogP) is 2.88. The van der Waals surface area contributed by atoms with Crippen LogP contribution in [0.5, 0.6) is 5.75 Å². The molecule has 0 aliphatic carbocycles. The first kappa shape index (κ1) is 18.2. The maximum absolute atomic E-state index is 12.0. The molecule has 0 bridgehead atoms. The van der Waals surface area contributed by atoms with Crippen molar-refractivity contribution in [1.82, 2.24) is 5.43 Å². The lowest BCUT2D eigenvalue weighted by atomic mass is 10.1. The fourth-order valence-electron chi connectivity index (χ4n) is 2.11. The number of hydrogen-bond acceptors (Lipinski definition) is 4. The average Bonchev–Trinajstić information content (AvgIpc) is 2.58. The number of phenols is 1. The first-order chi connectivity index (χ1) is 11.9. The Morgan fingerprint density at radius 3 is 2.44 bits per heavy atom. The van der Waals surface area contributed by atoms with Crippen molar-refractivity contribution in [2.75, 3.05) is 5.32 Å². The molecule has 6 nitrogen and oxygen atoms in total. The highest BCUT2D eigenvalue weighted by molar-refractivity contribution is 5.94. The Labute approximate surface area is 146 Å². The van der Waals surface area contributed by atoms with Crippen molar-refractivity contribution >= 4 is 23.7 Å². The van der Waals surface area contributed by atoms with E-state index in [9.17, 15) is 14.7 Å². The molecule has 0 aliphatic rings. The van der Waals surface area contributed by atoms with Crippen molar-refractivity contribution in [3.63, 3.8) is 0 Å². The molecule has 130 valence electrons. The lowest BCUT2D eigenvalue weighted by molar-refractivity contribution is -0.124. The number of hydrogen-bond donors (Lipinski definition) is 3. The van der Waals surface area contributed by atoms with Gasteiger partial charge in [0.2, 0.25) is 11.8 Å². The Morgan fingerprint density at radius 2 is 1.72 bits per heavy atom. The van der Waals surface area contributed by atoms with Crippen LogP contribution in [0.25, 0.3) is 0 Å². The van der Waals surface area contributed by atoms with E-state index in [4.69, 9.17) is 0 Å². The summed E-state index contributed by atoms with van der Waals surface area (Å²) in [4.78, 5) is 23.7. The van der Waals surface area contributed by atoms with E-state index in [0.29, 0.717) is 0 Å². The van der Waals surface area contributed by atoms with Gasteiger partial charge in [-0.05, 0) is 60.9 Å². The van der Waals surface area contributed by atoms with Gasteiger partial charge in [-0.3, -0.25) is 9.59 Å². The highest BCUT2D eigenvalue weighted by Gasteiger charge is 2.08. The van der Waals surface area contributed by atoms with Crippen LogP contribution in [0.1, 0.15) is 29.5 Å². The topological polar surface area (TPSA) is 90.8 Å². The van der Waals surface area contributed by atoms with E-state index in [1.165, 1.54) is 18.3 Å². The predicted molar refractivity (Wildman–Crippen MR) is 97.6 cm³/mol. The van der Waals surface area contributed by atoms with E-state index >= 15 is 0 Å². The van der Waals surface area contributed by atoms with Crippen LogP contribution in [-0.4, -0.2) is 23.1 Å². The molecule has 0 heterocycles. The molecule has 0 aromatic heterocycles. The Morgan fingerprint density at radius 1 is 1.04 bits per heavy atom. The largest absolute Gasteiger partial charge is 0.508 e. The van der Waals surface area contributed by atoms with Crippen LogP contribution in [0.3, 0.4) is 0 Å².